The molecule has 0 atom stereocenters. The smallest absolute Gasteiger partial charge is 0.223 e. The highest BCUT2D eigenvalue weighted by Crippen LogP contribution is 2.29. The lowest BCUT2D eigenvalue weighted by Gasteiger charge is -2.06. The summed E-state index contributed by atoms with van der Waals surface area (Å²) in [4.78, 5) is 18.6. The zero-order valence-corrected chi connectivity index (χ0v) is 11.1. The SMILES string of the molecule is Cc1cc2c(NCc3ccncn3)nc(N)nc2s1. The van der Waals surface area contributed by atoms with E-state index < -0.39 is 0 Å². The monoisotopic (exact) mass is 272 g/mol. The summed E-state index contributed by atoms with van der Waals surface area (Å²) in [6.07, 6.45) is 3.23. The van der Waals surface area contributed by atoms with Crippen LogP contribution in [0.4, 0.5) is 11.8 Å². The molecule has 0 bridgehead atoms. The first-order valence-corrected chi connectivity index (χ1v) is 6.56. The molecule has 0 aliphatic heterocycles. The van der Waals surface area contributed by atoms with Crippen LogP contribution >= 0.6 is 11.3 Å². The molecule has 0 fully saturated rings. The van der Waals surface area contributed by atoms with Gasteiger partial charge in [-0.2, -0.15) is 4.98 Å². The van der Waals surface area contributed by atoms with Gasteiger partial charge in [0.2, 0.25) is 5.95 Å². The number of aromatic nitrogens is 4. The van der Waals surface area contributed by atoms with E-state index in [4.69, 9.17) is 5.73 Å². The van der Waals surface area contributed by atoms with Crippen LogP contribution in [0.3, 0.4) is 0 Å². The van der Waals surface area contributed by atoms with Gasteiger partial charge in [0.1, 0.15) is 17.0 Å². The number of nitrogens with zero attached hydrogens (tertiary/aromatic N) is 4. The molecule has 0 saturated heterocycles. The van der Waals surface area contributed by atoms with Crippen molar-refractivity contribution < 1.29 is 0 Å². The van der Waals surface area contributed by atoms with Crippen LogP contribution in [0.15, 0.2) is 24.7 Å². The number of nitrogens with two attached hydrogens (primary N) is 1. The molecule has 0 radical (unpaired) electrons. The summed E-state index contributed by atoms with van der Waals surface area (Å²) in [6.45, 7) is 2.61. The summed E-state index contributed by atoms with van der Waals surface area (Å²) in [5, 5.41) is 4.23. The zero-order chi connectivity index (χ0) is 13.2. The molecule has 6 nitrogen and oxygen atoms in total. The molecule has 0 spiro atoms. The van der Waals surface area contributed by atoms with Crippen LogP contribution in [-0.2, 0) is 6.54 Å². The molecule has 3 rings (SSSR count). The lowest BCUT2D eigenvalue weighted by Crippen LogP contribution is -2.05. The topological polar surface area (TPSA) is 89.6 Å². The minimum Gasteiger partial charge on any atom is -0.368 e. The van der Waals surface area contributed by atoms with E-state index in [9.17, 15) is 0 Å². The summed E-state index contributed by atoms with van der Waals surface area (Å²) in [6, 6.07) is 3.91. The highest BCUT2D eigenvalue weighted by Gasteiger charge is 2.09. The van der Waals surface area contributed by atoms with Crippen molar-refractivity contribution in [3.05, 3.63) is 35.2 Å². The van der Waals surface area contributed by atoms with Crippen molar-refractivity contribution in [3.8, 4) is 0 Å². The van der Waals surface area contributed by atoms with E-state index in [0.717, 1.165) is 21.7 Å². The van der Waals surface area contributed by atoms with Gasteiger partial charge in [-0.3, -0.25) is 0 Å². The van der Waals surface area contributed by atoms with Gasteiger partial charge in [0, 0.05) is 11.1 Å². The molecule has 3 heterocycles. The first-order valence-electron chi connectivity index (χ1n) is 5.75. The molecular formula is C12H12N6S. The number of fused-ring (bicyclic) bond motifs is 1. The third-order valence-corrected chi connectivity index (χ3v) is 3.56. The second-order valence-corrected chi connectivity index (χ2v) is 5.30. The van der Waals surface area contributed by atoms with Gasteiger partial charge < -0.3 is 11.1 Å². The Hall–Kier alpha value is -2.28. The first-order chi connectivity index (χ1) is 9.22. The van der Waals surface area contributed by atoms with E-state index in [-0.39, 0.29) is 5.95 Å². The quantitative estimate of drug-likeness (QED) is 0.757. The molecule has 7 heteroatoms. The average molecular weight is 272 g/mol. The fourth-order valence-corrected chi connectivity index (χ4v) is 2.68. The molecule has 0 amide bonds. The maximum atomic E-state index is 5.72. The minimum absolute atomic E-state index is 0.277. The van der Waals surface area contributed by atoms with E-state index >= 15 is 0 Å². The summed E-state index contributed by atoms with van der Waals surface area (Å²) in [5.41, 5.74) is 6.62. The number of hydrogen-bond acceptors (Lipinski definition) is 7. The van der Waals surface area contributed by atoms with Gasteiger partial charge >= 0.3 is 0 Å². The highest BCUT2D eigenvalue weighted by molar-refractivity contribution is 7.18. The van der Waals surface area contributed by atoms with Crippen LogP contribution in [0.1, 0.15) is 10.6 Å². The molecule has 0 aliphatic carbocycles. The predicted molar refractivity (Wildman–Crippen MR) is 75.9 cm³/mol. The van der Waals surface area contributed by atoms with Crippen molar-refractivity contribution in [1.29, 1.82) is 0 Å². The average Bonchev–Trinajstić information content (AvgIpc) is 2.77. The van der Waals surface area contributed by atoms with Gasteiger partial charge in [-0.05, 0) is 19.1 Å². The van der Waals surface area contributed by atoms with Crippen molar-refractivity contribution in [3.63, 3.8) is 0 Å². The third-order valence-electron chi connectivity index (χ3n) is 2.61. The second kappa shape index (κ2) is 4.77. The van der Waals surface area contributed by atoms with E-state index in [1.165, 1.54) is 11.2 Å². The summed E-state index contributed by atoms with van der Waals surface area (Å²) in [5.74, 6) is 1.02. The second-order valence-electron chi connectivity index (χ2n) is 4.06. The Kier molecular flexibility index (Phi) is 2.96. The number of nitrogen functional groups attached to an aromatic ring is 1. The highest BCUT2D eigenvalue weighted by atomic mass is 32.1. The summed E-state index contributed by atoms with van der Waals surface area (Å²) < 4.78 is 0. The lowest BCUT2D eigenvalue weighted by molar-refractivity contribution is 0.998. The Balaban J connectivity index is 1.92. The van der Waals surface area contributed by atoms with E-state index in [0.29, 0.717) is 6.54 Å². The van der Waals surface area contributed by atoms with Gasteiger partial charge in [-0.25, -0.2) is 15.0 Å². The molecular weight excluding hydrogens is 260 g/mol. The van der Waals surface area contributed by atoms with Gasteiger partial charge in [-0.1, -0.05) is 0 Å². The zero-order valence-electron chi connectivity index (χ0n) is 10.3. The van der Waals surface area contributed by atoms with E-state index in [1.54, 1.807) is 17.5 Å². The van der Waals surface area contributed by atoms with Crippen molar-refractivity contribution in [2.24, 2.45) is 0 Å². The van der Waals surface area contributed by atoms with Crippen LogP contribution in [0.25, 0.3) is 10.2 Å². The number of aryl methyl sites for hydroxylation is 1. The fourth-order valence-electron chi connectivity index (χ4n) is 1.79. The molecule has 3 N–H and O–H groups in total. The Morgan fingerprint density at radius 3 is 3.05 bits per heavy atom. The lowest BCUT2D eigenvalue weighted by atomic mass is 10.3. The molecule has 0 aliphatic rings. The normalized spacial score (nSPS) is 10.8. The number of nitrogens with one attached hydrogen (secondary N) is 1. The van der Waals surface area contributed by atoms with Crippen LogP contribution < -0.4 is 11.1 Å². The number of rotatable bonds is 3. The van der Waals surface area contributed by atoms with Crippen LogP contribution in [0.2, 0.25) is 0 Å². The molecule has 3 aromatic rings. The van der Waals surface area contributed by atoms with Crippen molar-refractivity contribution in [1.82, 2.24) is 19.9 Å². The maximum absolute atomic E-state index is 5.72. The Morgan fingerprint density at radius 1 is 1.37 bits per heavy atom. The van der Waals surface area contributed by atoms with Crippen LogP contribution in [0, 0.1) is 6.92 Å². The van der Waals surface area contributed by atoms with E-state index in [2.05, 4.69) is 31.3 Å². The molecule has 0 saturated carbocycles. The van der Waals surface area contributed by atoms with Gasteiger partial charge in [0.25, 0.3) is 0 Å². The third kappa shape index (κ3) is 2.45. The first kappa shape index (κ1) is 11.8. The minimum atomic E-state index is 0.277. The number of thiophene rings is 1. The maximum Gasteiger partial charge on any atom is 0.223 e. The molecule has 3 aromatic heterocycles. The fraction of sp³-hybridized carbons (Fsp3) is 0.167. The molecule has 0 aromatic carbocycles. The van der Waals surface area contributed by atoms with Crippen LogP contribution in [0.5, 0.6) is 0 Å². The standard InChI is InChI=1S/C12H12N6S/c1-7-4-9-10(17-12(13)18-11(9)19-7)15-5-8-2-3-14-6-16-8/h2-4,6H,5H2,1H3,(H3,13,15,17,18). The summed E-state index contributed by atoms with van der Waals surface area (Å²) in [7, 11) is 0. The van der Waals surface area contributed by atoms with E-state index in [1.807, 2.05) is 13.0 Å². The molecule has 96 valence electrons. The number of hydrogen-bond donors (Lipinski definition) is 2. The Labute approximate surface area is 113 Å². The van der Waals surface area contributed by atoms with Crippen molar-refractivity contribution >= 4 is 33.3 Å². The molecule has 0 unspecified atom stereocenters. The van der Waals surface area contributed by atoms with Crippen molar-refractivity contribution in [2.45, 2.75) is 13.5 Å². The van der Waals surface area contributed by atoms with Crippen molar-refractivity contribution in [2.75, 3.05) is 11.1 Å². The Morgan fingerprint density at radius 2 is 2.26 bits per heavy atom. The predicted octanol–water partition coefficient (Wildman–Crippen LogP) is 1.98. The van der Waals surface area contributed by atoms with Gasteiger partial charge in [-0.15, -0.1) is 11.3 Å². The largest absolute Gasteiger partial charge is 0.368 e. The van der Waals surface area contributed by atoms with Gasteiger partial charge in [0.15, 0.2) is 0 Å². The summed E-state index contributed by atoms with van der Waals surface area (Å²) >= 11 is 1.61. The number of anilines is 2. The van der Waals surface area contributed by atoms with Crippen LogP contribution in [-0.4, -0.2) is 19.9 Å². The van der Waals surface area contributed by atoms with Gasteiger partial charge in [0.05, 0.1) is 17.6 Å². The Bertz CT molecular complexity index is 709. The molecule has 19 heavy (non-hydrogen) atoms.